The zero-order chi connectivity index (χ0) is 17.0. The van der Waals surface area contributed by atoms with Gasteiger partial charge in [-0.25, -0.2) is 13.9 Å². The second-order valence-electron chi connectivity index (χ2n) is 5.87. The predicted molar refractivity (Wildman–Crippen MR) is 87.7 cm³/mol. The molecule has 1 aliphatic rings. The number of amides is 1. The highest BCUT2D eigenvalue weighted by Gasteiger charge is 2.20. The summed E-state index contributed by atoms with van der Waals surface area (Å²) < 4.78 is 23.2. The number of carbonyl (C=O) groups is 1. The Bertz CT molecular complexity index is 675. The molecule has 0 aliphatic carbocycles. The Labute approximate surface area is 136 Å². The number of rotatable bonds is 6. The molecule has 1 amide bonds. The van der Waals surface area contributed by atoms with E-state index in [0.717, 1.165) is 25.6 Å². The Morgan fingerprint density at radius 3 is 2.83 bits per heavy atom. The SMILES string of the molecule is CN1CCCC1CCONC(=O)c1ccc(N)c(S(C)(=O)=O)c1. The van der Waals surface area contributed by atoms with Crippen LogP contribution in [0.1, 0.15) is 29.6 Å². The van der Waals surface area contributed by atoms with E-state index >= 15 is 0 Å². The van der Waals surface area contributed by atoms with E-state index in [1.807, 2.05) is 0 Å². The molecule has 1 unspecified atom stereocenters. The maximum atomic E-state index is 12.0. The van der Waals surface area contributed by atoms with Crippen molar-refractivity contribution in [1.82, 2.24) is 10.4 Å². The molecule has 0 radical (unpaired) electrons. The zero-order valence-corrected chi connectivity index (χ0v) is 14.2. The third-order valence-corrected chi connectivity index (χ3v) is 5.22. The summed E-state index contributed by atoms with van der Waals surface area (Å²) >= 11 is 0. The molecular weight excluding hydrogens is 318 g/mol. The minimum Gasteiger partial charge on any atom is -0.398 e. The number of hydrogen-bond acceptors (Lipinski definition) is 6. The van der Waals surface area contributed by atoms with Crippen LogP contribution < -0.4 is 11.2 Å². The highest BCUT2D eigenvalue weighted by atomic mass is 32.2. The van der Waals surface area contributed by atoms with Gasteiger partial charge in [0, 0.05) is 17.9 Å². The van der Waals surface area contributed by atoms with E-state index in [4.69, 9.17) is 10.6 Å². The number of nitrogens with zero attached hydrogens (tertiary/aromatic N) is 1. The summed E-state index contributed by atoms with van der Waals surface area (Å²) in [5.74, 6) is -0.491. The van der Waals surface area contributed by atoms with Gasteiger partial charge in [0.1, 0.15) is 0 Å². The molecule has 128 valence electrons. The van der Waals surface area contributed by atoms with Crippen LogP contribution in [0.5, 0.6) is 0 Å². The van der Waals surface area contributed by atoms with E-state index in [9.17, 15) is 13.2 Å². The third-order valence-electron chi connectivity index (χ3n) is 4.06. The second-order valence-corrected chi connectivity index (χ2v) is 7.85. The van der Waals surface area contributed by atoms with Gasteiger partial charge in [0.15, 0.2) is 9.84 Å². The average molecular weight is 341 g/mol. The fraction of sp³-hybridized carbons (Fsp3) is 0.533. The van der Waals surface area contributed by atoms with Crippen LogP contribution in [-0.4, -0.2) is 51.7 Å². The lowest BCUT2D eigenvalue weighted by Gasteiger charge is -2.18. The first-order valence-corrected chi connectivity index (χ1v) is 9.40. The number of nitrogen functional groups attached to an aromatic ring is 1. The molecule has 1 fully saturated rings. The highest BCUT2D eigenvalue weighted by Crippen LogP contribution is 2.20. The third kappa shape index (κ3) is 4.66. The van der Waals surface area contributed by atoms with Crippen LogP contribution in [0.2, 0.25) is 0 Å². The topological polar surface area (TPSA) is 102 Å². The van der Waals surface area contributed by atoms with Crippen molar-refractivity contribution in [3.8, 4) is 0 Å². The van der Waals surface area contributed by atoms with E-state index < -0.39 is 15.7 Å². The van der Waals surface area contributed by atoms with Gasteiger partial charge in [-0.05, 0) is 51.1 Å². The molecule has 1 heterocycles. The fourth-order valence-corrected chi connectivity index (χ4v) is 3.55. The van der Waals surface area contributed by atoms with Crippen LogP contribution in [0.4, 0.5) is 5.69 Å². The van der Waals surface area contributed by atoms with E-state index in [2.05, 4.69) is 17.4 Å². The van der Waals surface area contributed by atoms with Gasteiger partial charge in [-0.1, -0.05) is 0 Å². The van der Waals surface area contributed by atoms with Gasteiger partial charge in [-0.2, -0.15) is 0 Å². The van der Waals surface area contributed by atoms with Crippen LogP contribution in [0.3, 0.4) is 0 Å². The molecule has 2 rings (SSSR count). The summed E-state index contributed by atoms with van der Waals surface area (Å²) in [6.07, 6.45) is 4.22. The summed E-state index contributed by atoms with van der Waals surface area (Å²) in [4.78, 5) is 19.4. The van der Waals surface area contributed by atoms with E-state index in [-0.39, 0.29) is 16.1 Å². The van der Waals surface area contributed by atoms with Gasteiger partial charge in [0.2, 0.25) is 0 Å². The van der Waals surface area contributed by atoms with Gasteiger partial charge in [-0.3, -0.25) is 9.63 Å². The lowest BCUT2D eigenvalue weighted by Crippen LogP contribution is -2.29. The Kier molecular flexibility index (Phi) is 5.61. The first-order chi connectivity index (χ1) is 10.8. The van der Waals surface area contributed by atoms with Gasteiger partial charge in [-0.15, -0.1) is 0 Å². The number of hydrogen-bond donors (Lipinski definition) is 2. The number of carbonyl (C=O) groups excluding carboxylic acids is 1. The summed E-state index contributed by atoms with van der Waals surface area (Å²) in [5.41, 5.74) is 8.29. The number of likely N-dealkylation sites (tertiary alicyclic amines) is 1. The van der Waals surface area contributed by atoms with Crippen molar-refractivity contribution in [2.45, 2.75) is 30.2 Å². The highest BCUT2D eigenvalue weighted by molar-refractivity contribution is 7.90. The molecule has 0 aromatic heterocycles. The van der Waals surface area contributed by atoms with Crippen LogP contribution in [-0.2, 0) is 14.7 Å². The molecule has 7 nitrogen and oxygen atoms in total. The van der Waals surface area contributed by atoms with E-state index in [0.29, 0.717) is 12.6 Å². The second kappa shape index (κ2) is 7.29. The van der Waals surface area contributed by atoms with Crippen molar-refractivity contribution in [2.24, 2.45) is 0 Å². The van der Waals surface area contributed by atoms with Gasteiger partial charge >= 0.3 is 0 Å². The maximum Gasteiger partial charge on any atom is 0.274 e. The lowest BCUT2D eigenvalue weighted by molar-refractivity contribution is 0.0250. The molecule has 0 saturated carbocycles. The molecule has 0 spiro atoms. The fourth-order valence-electron chi connectivity index (χ4n) is 2.71. The molecule has 1 saturated heterocycles. The van der Waals surface area contributed by atoms with Gasteiger partial charge in [0.25, 0.3) is 5.91 Å². The Hall–Kier alpha value is -1.64. The normalized spacial score (nSPS) is 19.0. The molecule has 3 N–H and O–H groups in total. The maximum absolute atomic E-state index is 12.0. The largest absolute Gasteiger partial charge is 0.398 e. The standard InChI is InChI=1S/C15H23N3O4S/c1-18-8-3-4-12(18)7-9-22-17-15(19)11-5-6-13(16)14(10-11)23(2,20)21/h5-6,10,12H,3-4,7-9,16H2,1-2H3,(H,17,19). The molecule has 23 heavy (non-hydrogen) atoms. The predicted octanol–water partition coefficient (Wildman–Crippen LogP) is 0.818. The average Bonchev–Trinajstić information content (AvgIpc) is 2.88. The lowest BCUT2D eigenvalue weighted by atomic mass is 10.2. The first-order valence-electron chi connectivity index (χ1n) is 7.51. The summed E-state index contributed by atoms with van der Waals surface area (Å²) in [5, 5.41) is 0. The number of sulfone groups is 1. The summed E-state index contributed by atoms with van der Waals surface area (Å²) in [6, 6.07) is 4.61. The van der Waals surface area contributed by atoms with Crippen LogP contribution in [0.15, 0.2) is 23.1 Å². The van der Waals surface area contributed by atoms with Crippen LogP contribution >= 0.6 is 0 Å². The Balaban J connectivity index is 1.88. The molecular formula is C15H23N3O4S. The smallest absolute Gasteiger partial charge is 0.274 e. The molecule has 0 bridgehead atoms. The summed E-state index contributed by atoms with van der Waals surface area (Å²) in [7, 11) is -1.40. The monoisotopic (exact) mass is 341 g/mol. The molecule has 1 aromatic rings. The van der Waals surface area contributed by atoms with Crippen molar-refractivity contribution in [2.75, 3.05) is 32.2 Å². The Morgan fingerprint density at radius 1 is 1.48 bits per heavy atom. The minimum absolute atomic E-state index is 0.0577. The number of nitrogens with one attached hydrogen (secondary N) is 1. The molecule has 1 atom stereocenters. The van der Waals surface area contributed by atoms with Crippen molar-refractivity contribution in [1.29, 1.82) is 0 Å². The first kappa shape index (κ1) is 17.7. The molecule has 8 heteroatoms. The number of benzene rings is 1. The van der Waals surface area contributed by atoms with Crippen LogP contribution in [0.25, 0.3) is 0 Å². The van der Waals surface area contributed by atoms with Crippen molar-refractivity contribution in [3.63, 3.8) is 0 Å². The van der Waals surface area contributed by atoms with Gasteiger partial charge in [0.05, 0.1) is 17.2 Å². The summed E-state index contributed by atoms with van der Waals surface area (Å²) in [6.45, 7) is 1.51. The Morgan fingerprint density at radius 2 is 2.22 bits per heavy atom. The number of anilines is 1. The van der Waals surface area contributed by atoms with E-state index in [1.165, 1.54) is 24.6 Å². The van der Waals surface area contributed by atoms with E-state index in [1.54, 1.807) is 0 Å². The number of nitrogens with two attached hydrogens (primary N) is 1. The molecule has 1 aliphatic heterocycles. The zero-order valence-electron chi connectivity index (χ0n) is 13.4. The molecule has 1 aromatic carbocycles. The van der Waals surface area contributed by atoms with Crippen LogP contribution in [0, 0.1) is 0 Å². The quantitative estimate of drug-likeness (QED) is 0.451. The van der Waals surface area contributed by atoms with Gasteiger partial charge < -0.3 is 10.6 Å². The van der Waals surface area contributed by atoms with Crippen molar-refractivity contribution < 1.29 is 18.0 Å². The number of hydroxylamine groups is 1. The minimum atomic E-state index is -3.48. The van der Waals surface area contributed by atoms with Crippen molar-refractivity contribution in [3.05, 3.63) is 23.8 Å². The van der Waals surface area contributed by atoms with Crippen molar-refractivity contribution >= 4 is 21.4 Å².